The van der Waals surface area contributed by atoms with Crippen LogP contribution in [0.5, 0.6) is 11.5 Å². The van der Waals surface area contributed by atoms with Gasteiger partial charge in [0.1, 0.15) is 0 Å². The first-order valence-corrected chi connectivity index (χ1v) is 8.68. The van der Waals surface area contributed by atoms with Gasteiger partial charge in [-0.2, -0.15) is 0 Å². The third kappa shape index (κ3) is 3.34. The monoisotopic (exact) mass is 348 g/mol. The predicted molar refractivity (Wildman–Crippen MR) is 86.4 cm³/mol. The molecule has 3 rings (SSSR count). The molecule has 2 aromatic carbocycles. The molecule has 1 aliphatic heterocycles. The number of fused-ring (bicyclic) bond motifs is 1. The lowest BCUT2D eigenvalue weighted by Gasteiger charge is -2.09. The van der Waals surface area contributed by atoms with Crippen molar-refractivity contribution in [3.05, 3.63) is 53.6 Å². The van der Waals surface area contributed by atoms with Gasteiger partial charge in [0, 0.05) is 19.2 Å². The van der Waals surface area contributed by atoms with Crippen LogP contribution in [-0.2, 0) is 16.6 Å². The molecule has 0 fully saturated rings. The Labute approximate surface area is 139 Å². The Morgan fingerprint density at radius 1 is 1.12 bits per heavy atom. The Morgan fingerprint density at radius 3 is 2.71 bits per heavy atom. The minimum Gasteiger partial charge on any atom is -0.454 e. The van der Waals surface area contributed by atoms with Crippen LogP contribution in [0.3, 0.4) is 0 Å². The fourth-order valence-electron chi connectivity index (χ4n) is 2.26. The van der Waals surface area contributed by atoms with E-state index in [-0.39, 0.29) is 29.7 Å². The van der Waals surface area contributed by atoms with Gasteiger partial charge in [-0.3, -0.25) is 4.79 Å². The molecule has 1 aliphatic rings. The second-order valence-corrected chi connectivity index (χ2v) is 6.89. The average molecular weight is 348 g/mol. The van der Waals surface area contributed by atoms with E-state index in [1.807, 2.05) is 0 Å². The number of nitrogens with one attached hydrogen (secondary N) is 2. The number of hydrogen-bond acceptors (Lipinski definition) is 5. The summed E-state index contributed by atoms with van der Waals surface area (Å²) in [5.41, 5.74) is 1.02. The molecule has 8 heteroatoms. The van der Waals surface area contributed by atoms with Gasteiger partial charge in [0.25, 0.3) is 5.91 Å². The molecule has 126 valence electrons. The number of benzene rings is 2. The van der Waals surface area contributed by atoms with Crippen molar-refractivity contribution in [1.29, 1.82) is 0 Å². The van der Waals surface area contributed by atoms with Crippen LogP contribution >= 0.6 is 0 Å². The van der Waals surface area contributed by atoms with Crippen molar-refractivity contribution >= 4 is 15.9 Å². The first kappa shape index (κ1) is 16.3. The second-order valence-electron chi connectivity index (χ2n) is 5.12. The zero-order valence-electron chi connectivity index (χ0n) is 12.9. The maximum Gasteiger partial charge on any atom is 0.251 e. The van der Waals surface area contributed by atoms with Crippen LogP contribution in [0, 0.1) is 0 Å². The average Bonchev–Trinajstić information content (AvgIpc) is 3.07. The summed E-state index contributed by atoms with van der Waals surface area (Å²) < 4.78 is 37.8. The number of carbonyl (C=O) groups is 1. The third-order valence-electron chi connectivity index (χ3n) is 3.54. The largest absolute Gasteiger partial charge is 0.454 e. The van der Waals surface area contributed by atoms with Gasteiger partial charge in [0.05, 0.1) is 4.90 Å². The molecule has 1 heterocycles. The number of amides is 1. The standard InChI is InChI=1S/C16H16N2O5S/c1-17-16(19)12-3-2-4-13(8-12)24(20,21)18-9-11-5-6-14-15(7-11)23-10-22-14/h2-8,18H,9-10H2,1H3,(H,17,19). The summed E-state index contributed by atoms with van der Waals surface area (Å²) in [6, 6.07) is 11.1. The van der Waals surface area contributed by atoms with E-state index in [1.54, 1.807) is 24.3 Å². The molecule has 0 radical (unpaired) electrons. The highest BCUT2D eigenvalue weighted by Gasteiger charge is 2.17. The summed E-state index contributed by atoms with van der Waals surface area (Å²) in [6.45, 7) is 0.264. The van der Waals surface area contributed by atoms with Crippen LogP contribution in [-0.4, -0.2) is 28.2 Å². The highest BCUT2D eigenvalue weighted by molar-refractivity contribution is 7.89. The summed E-state index contributed by atoms with van der Waals surface area (Å²) in [5.74, 6) is 0.885. The van der Waals surface area contributed by atoms with Crippen molar-refractivity contribution in [2.45, 2.75) is 11.4 Å². The van der Waals surface area contributed by atoms with E-state index in [0.717, 1.165) is 5.56 Å². The maximum atomic E-state index is 12.4. The van der Waals surface area contributed by atoms with E-state index in [9.17, 15) is 13.2 Å². The van der Waals surface area contributed by atoms with E-state index in [4.69, 9.17) is 9.47 Å². The lowest BCUT2D eigenvalue weighted by atomic mass is 10.2. The molecule has 0 atom stereocenters. The fraction of sp³-hybridized carbons (Fsp3) is 0.188. The lowest BCUT2D eigenvalue weighted by molar-refractivity contribution is 0.0963. The molecule has 0 aliphatic carbocycles. The Kier molecular flexibility index (Phi) is 4.41. The SMILES string of the molecule is CNC(=O)c1cccc(S(=O)(=O)NCc2ccc3c(c2)OCO3)c1. The van der Waals surface area contributed by atoms with Crippen LogP contribution in [0.15, 0.2) is 47.4 Å². The number of hydrogen-bond donors (Lipinski definition) is 2. The summed E-state index contributed by atoms with van der Waals surface area (Å²) >= 11 is 0. The first-order valence-electron chi connectivity index (χ1n) is 7.20. The number of sulfonamides is 1. The molecular formula is C16H16N2O5S. The Bertz CT molecular complexity index is 880. The topological polar surface area (TPSA) is 93.7 Å². The first-order chi connectivity index (χ1) is 11.5. The quantitative estimate of drug-likeness (QED) is 0.848. The van der Waals surface area contributed by atoms with Crippen molar-refractivity contribution in [3.63, 3.8) is 0 Å². The smallest absolute Gasteiger partial charge is 0.251 e. The van der Waals surface area contributed by atoms with E-state index in [2.05, 4.69) is 10.0 Å². The molecule has 2 N–H and O–H groups in total. The zero-order valence-corrected chi connectivity index (χ0v) is 13.7. The minimum absolute atomic E-state index is 0.0318. The van der Waals surface area contributed by atoms with E-state index >= 15 is 0 Å². The van der Waals surface area contributed by atoms with Gasteiger partial charge < -0.3 is 14.8 Å². The van der Waals surface area contributed by atoms with Gasteiger partial charge in [-0.05, 0) is 35.9 Å². The van der Waals surface area contributed by atoms with Gasteiger partial charge in [-0.15, -0.1) is 0 Å². The molecule has 24 heavy (non-hydrogen) atoms. The number of ether oxygens (including phenoxy) is 2. The van der Waals surface area contributed by atoms with E-state index < -0.39 is 10.0 Å². The molecule has 7 nitrogen and oxygen atoms in total. The minimum atomic E-state index is -3.74. The highest BCUT2D eigenvalue weighted by Crippen LogP contribution is 2.32. The second kappa shape index (κ2) is 6.50. The normalized spacial score (nSPS) is 12.9. The third-order valence-corrected chi connectivity index (χ3v) is 4.94. The molecule has 0 unspecified atom stereocenters. The molecule has 0 saturated heterocycles. The van der Waals surface area contributed by atoms with Crippen molar-refractivity contribution < 1.29 is 22.7 Å². The summed E-state index contributed by atoms with van der Waals surface area (Å²) in [5, 5.41) is 2.46. The van der Waals surface area contributed by atoms with Crippen molar-refractivity contribution in [2.75, 3.05) is 13.8 Å². The van der Waals surface area contributed by atoms with Crippen molar-refractivity contribution in [1.82, 2.24) is 10.0 Å². The van der Waals surface area contributed by atoms with Crippen LogP contribution < -0.4 is 19.5 Å². The van der Waals surface area contributed by atoms with Crippen molar-refractivity contribution in [3.8, 4) is 11.5 Å². The van der Waals surface area contributed by atoms with Gasteiger partial charge in [-0.25, -0.2) is 13.1 Å². The van der Waals surface area contributed by atoms with Gasteiger partial charge in [-0.1, -0.05) is 12.1 Å². The van der Waals surface area contributed by atoms with E-state index in [1.165, 1.54) is 25.2 Å². The Balaban J connectivity index is 1.75. The molecule has 0 bridgehead atoms. The number of carbonyl (C=O) groups excluding carboxylic acids is 1. The fourth-order valence-corrected chi connectivity index (χ4v) is 3.32. The lowest BCUT2D eigenvalue weighted by Crippen LogP contribution is -2.24. The van der Waals surface area contributed by atoms with Gasteiger partial charge in [0.15, 0.2) is 11.5 Å². The van der Waals surface area contributed by atoms with Gasteiger partial charge >= 0.3 is 0 Å². The Hall–Kier alpha value is -2.58. The highest BCUT2D eigenvalue weighted by atomic mass is 32.2. The van der Waals surface area contributed by atoms with Crippen LogP contribution in [0.25, 0.3) is 0 Å². The molecule has 0 aromatic heterocycles. The summed E-state index contributed by atoms with van der Waals surface area (Å²) in [7, 11) is -2.25. The predicted octanol–water partition coefficient (Wildman–Crippen LogP) is 1.25. The Morgan fingerprint density at radius 2 is 1.92 bits per heavy atom. The molecular weight excluding hydrogens is 332 g/mol. The molecule has 1 amide bonds. The van der Waals surface area contributed by atoms with E-state index in [0.29, 0.717) is 11.5 Å². The van der Waals surface area contributed by atoms with Crippen LogP contribution in [0.1, 0.15) is 15.9 Å². The molecule has 2 aromatic rings. The van der Waals surface area contributed by atoms with Crippen LogP contribution in [0.4, 0.5) is 0 Å². The summed E-state index contributed by atoms with van der Waals surface area (Å²) in [4.78, 5) is 11.7. The van der Waals surface area contributed by atoms with Crippen LogP contribution in [0.2, 0.25) is 0 Å². The molecule has 0 saturated carbocycles. The maximum absolute atomic E-state index is 12.4. The zero-order chi connectivity index (χ0) is 17.2. The summed E-state index contributed by atoms with van der Waals surface area (Å²) in [6.07, 6.45) is 0. The van der Waals surface area contributed by atoms with Crippen molar-refractivity contribution in [2.24, 2.45) is 0 Å². The number of rotatable bonds is 5. The molecule has 0 spiro atoms. The van der Waals surface area contributed by atoms with Gasteiger partial charge in [0.2, 0.25) is 16.8 Å².